The van der Waals surface area contributed by atoms with Crippen LogP contribution >= 0.6 is 0 Å². The van der Waals surface area contributed by atoms with Crippen LogP contribution < -0.4 is 5.32 Å². The molecule has 1 fully saturated rings. The van der Waals surface area contributed by atoms with Crippen LogP contribution in [0.2, 0.25) is 0 Å². The molecule has 0 aliphatic heterocycles. The van der Waals surface area contributed by atoms with Crippen molar-refractivity contribution in [2.75, 3.05) is 7.05 Å². The molecule has 1 N–H and O–H groups in total. The van der Waals surface area contributed by atoms with Gasteiger partial charge in [-0.25, -0.2) is 0 Å². The molecule has 18 heavy (non-hydrogen) atoms. The highest BCUT2D eigenvalue weighted by molar-refractivity contribution is 5.07. The average molecular weight is 249 g/mol. The minimum atomic E-state index is 0.468. The maximum absolute atomic E-state index is 4.39. The Bertz CT molecular complexity index is 337. The van der Waals surface area contributed by atoms with E-state index in [9.17, 15) is 0 Å². The van der Waals surface area contributed by atoms with E-state index in [1.54, 1.807) is 0 Å². The number of hydrogen-bond donors (Lipinski definition) is 1. The normalized spacial score (nSPS) is 19.7. The molecule has 0 bridgehead atoms. The van der Waals surface area contributed by atoms with Gasteiger partial charge in [-0.15, -0.1) is 0 Å². The van der Waals surface area contributed by atoms with Crippen LogP contribution in [0.3, 0.4) is 0 Å². The van der Waals surface area contributed by atoms with Gasteiger partial charge in [-0.1, -0.05) is 38.5 Å². The molecule has 1 heterocycles. The molecule has 0 saturated heterocycles. The summed E-state index contributed by atoms with van der Waals surface area (Å²) in [6.45, 7) is 3.13. The minimum Gasteiger partial charge on any atom is -0.312 e. The molecule has 2 rings (SSSR count). The Labute approximate surface area is 111 Å². The fourth-order valence-corrected chi connectivity index (χ4v) is 3.22. The SMILES string of the molecule is CCn1nccc1C(CC1CCCCCC1)NC. The molecule has 3 nitrogen and oxygen atoms in total. The molecule has 1 atom stereocenters. The molecule has 1 aromatic heterocycles. The molecule has 1 unspecified atom stereocenters. The summed E-state index contributed by atoms with van der Waals surface area (Å²) in [4.78, 5) is 0. The van der Waals surface area contributed by atoms with Crippen LogP contribution in [0.4, 0.5) is 0 Å². The van der Waals surface area contributed by atoms with Gasteiger partial charge in [0.2, 0.25) is 0 Å². The lowest BCUT2D eigenvalue weighted by atomic mass is 9.91. The summed E-state index contributed by atoms with van der Waals surface area (Å²) in [5.74, 6) is 0.894. The van der Waals surface area contributed by atoms with Gasteiger partial charge in [0.15, 0.2) is 0 Å². The smallest absolute Gasteiger partial charge is 0.0553 e. The van der Waals surface area contributed by atoms with Crippen LogP contribution in [0.25, 0.3) is 0 Å². The first kappa shape index (κ1) is 13.6. The summed E-state index contributed by atoms with van der Waals surface area (Å²) in [5, 5.41) is 7.88. The predicted molar refractivity (Wildman–Crippen MR) is 75.5 cm³/mol. The van der Waals surface area contributed by atoms with E-state index >= 15 is 0 Å². The van der Waals surface area contributed by atoms with Crippen LogP contribution in [-0.4, -0.2) is 16.8 Å². The number of rotatable bonds is 5. The summed E-state index contributed by atoms with van der Waals surface area (Å²) < 4.78 is 2.12. The molecule has 1 aliphatic carbocycles. The first-order chi connectivity index (χ1) is 8.85. The first-order valence-electron chi connectivity index (χ1n) is 7.54. The zero-order valence-electron chi connectivity index (χ0n) is 11.9. The van der Waals surface area contributed by atoms with Crippen LogP contribution in [-0.2, 0) is 6.54 Å². The molecular weight excluding hydrogens is 222 g/mol. The van der Waals surface area contributed by atoms with Crippen molar-refractivity contribution < 1.29 is 0 Å². The summed E-state index contributed by atoms with van der Waals surface area (Å²) in [6, 6.07) is 2.64. The zero-order chi connectivity index (χ0) is 12.8. The van der Waals surface area contributed by atoms with E-state index in [-0.39, 0.29) is 0 Å². The number of nitrogens with zero attached hydrogens (tertiary/aromatic N) is 2. The zero-order valence-corrected chi connectivity index (χ0v) is 11.9. The van der Waals surface area contributed by atoms with Crippen molar-refractivity contribution in [1.82, 2.24) is 15.1 Å². The monoisotopic (exact) mass is 249 g/mol. The lowest BCUT2D eigenvalue weighted by Gasteiger charge is -2.23. The van der Waals surface area contributed by atoms with E-state index in [1.807, 2.05) is 6.20 Å². The second-order valence-electron chi connectivity index (χ2n) is 5.51. The van der Waals surface area contributed by atoms with Gasteiger partial charge in [-0.3, -0.25) is 4.68 Å². The molecule has 1 aromatic rings. The lowest BCUT2D eigenvalue weighted by Crippen LogP contribution is -2.23. The fraction of sp³-hybridized carbons (Fsp3) is 0.800. The molecular formula is C15H27N3. The van der Waals surface area contributed by atoms with Crippen molar-refractivity contribution in [1.29, 1.82) is 0 Å². The van der Waals surface area contributed by atoms with E-state index < -0.39 is 0 Å². The van der Waals surface area contributed by atoms with Crippen LogP contribution in [0.1, 0.15) is 63.6 Å². The van der Waals surface area contributed by atoms with Gasteiger partial charge in [-0.05, 0) is 32.4 Å². The minimum absolute atomic E-state index is 0.468. The second-order valence-corrected chi connectivity index (χ2v) is 5.51. The molecule has 102 valence electrons. The predicted octanol–water partition coefficient (Wildman–Crippen LogP) is 3.52. The highest BCUT2D eigenvalue weighted by Gasteiger charge is 2.20. The van der Waals surface area contributed by atoms with E-state index in [1.165, 1.54) is 50.6 Å². The third-order valence-corrected chi connectivity index (χ3v) is 4.30. The molecule has 0 radical (unpaired) electrons. The van der Waals surface area contributed by atoms with Crippen molar-refractivity contribution in [3.63, 3.8) is 0 Å². The van der Waals surface area contributed by atoms with Crippen molar-refractivity contribution in [2.45, 2.75) is 64.5 Å². The van der Waals surface area contributed by atoms with E-state index in [4.69, 9.17) is 0 Å². The van der Waals surface area contributed by atoms with Crippen LogP contribution in [0, 0.1) is 5.92 Å². The lowest BCUT2D eigenvalue weighted by molar-refractivity contribution is 0.355. The van der Waals surface area contributed by atoms with Gasteiger partial charge in [0.05, 0.1) is 5.69 Å². The molecule has 0 amide bonds. The van der Waals surface area contributed by atoms with Crippen LogP contribution in [0.5, 0.6) is 0 Å². The third-order valence-electron chi connectivity index (χ3n) is 4.30. The Balaban J connectivity index is 1.99. The Morgan fingerprint density at radius 2 is 2.06 bits per heavy atom. The molecule has 3 heteroatoms. The van der Waals surface area contributed by atoms with E-state index in [0.717, 1.165) is 12.5 Å². The fourth-order valence-electron chi connectivity index (χ4n) is 3.22. The Morgan fingerprint density at radius 3 is 2.67 bits per heavy atom. The molecule has 0 spiro atoms. The molecule has 1 aliphatic rings. The largest absolute Gasteiger partial charge is 0.312 e. The maximum atomic E-state index is 4.39. The van der Waals surface area contributed by atoms with Gasteiger partial charge in [0, 0.05) is 18.8 Å². The summed E-state index contributed by atoms with van der Waals surface area (Å²) in [5.41, 5.74) is 1.35. The van der Waals surface area contributed by atoms with Crippen molar-refractivity contribution in [3.8, 4) is 0 Å². The number of aryl methyl sites for hydroxylation is 1. The highest BCUT2D eigenvalue weighted by Crippen LogP contribution is 2.30. The summed E-state index contributed by atoms with van der Waals surface area (Å²) in [6.07, 6.45) is 11.7. The average Bonchev–Trinajstić information content (AvgIpc) is 2.72. The molecule has 1 saturated carbocycles. The van der Waals surface area contributed by atoms with Crippen molar-refractivity contribution in [3.05, 3.63) is 18.0 Å². The van der Waals surface area contributed by atoms with E-state index in [0.29, 0.717) is 6.04 Å². The molecule has 0 aromatic carbocycles. The summed E-state index contributed by atoms with van der Waals surface area (Å²) in [7, 11) is 2.08. The van der Waals surface area contributed by atoms with Crippen molar-refractivity contribution >= 4 is 0 Å². The first-order valence-corrected chi connectivity index (χ1v) is 7.54. The standard InChI is InChI=1S/C15H27N3/c1-3-18-15(10-11-17-18)14(16-2)12-13-8-6-4-5-7-9-13/h10-11,13-14,16H,3-9,12H2,1-2H3. The Morgan fingerprint density at radius 1 is 1.33 bits per heavy atom. The Kier molecular flexibility index (Phi) is 5.24. The highest BCUT2D eigenvalue weighted by atomic mass is 15.3. The van der Waals surface area contributed by atoms with Gasteiger partial charge in [0.25, 0.3) is 0 Å². The summed E-state index contributed by atoms with van der Waals surface area (Å²) >= 11 is 0. The topological polar surface area (TPSA) is 29.9 Å². The second kappa shape index (κ2) is 6.93. The van der Waals surface area contributed by atoms with Gasteiger partial charge >= 0.3 is 0 Å². The number of hydrogen-bond acceptors (Lipinski definition) is 2. The quantitative estimate of drug-likeness (QED) is 0.809. The number of aromatic nitrogens is 2. The maximum Gasteiger partial charge on any atom is 0.0553 e. The van der Waals surface area contributed by atoms with Gasteiger partial charge in [0.1, 0.15) is 0 Å². The van der Waals surface area contributed by atoms with E-state index in [2.05, 4.69) is 35.1 Å². The van der Waals surface area contributed by atoms with Gasteiger partial charge in [-0.2, -0.15) is 5.10 Å². The van der Waals surface area contributed by atoms with Crippen molar-refractivity contribution in [2.24, 2.45) is 5.92 Å². The van der Waals surface area contributed by atoms with Crippen LogP contribution in [0.15, 0.2) is 12.3 Å². The third kappa shape index (κ3) is 3.35. The van der Waals surface area contributed by atoms with Gasteiger partial charge < -0.3 is 5.32 Å². The number of nitrogens with one attached hydrogen (secondary N) is 1. The Hall–Kier alpha value is -0.830.